The van der Waals surface area contributed by atoms with Crippen LogP contribution in [0.1, 0.15) is 122 Å². The highest BCUT2D eigenvalue weighted by atomic mass is 35.5. The lowest BCUT2D eigenvalue weighted by Gasteiger charge is -2.51. The maximum absolute atomic E-state index is 16.1. The number of nitrogens with zero attached hydrogens (tertiary/aromatic N) is 2. The molecule has 1 unspecified atom stereocenters. The van der Waals surface area contributed by atoms with E-state index in [0.717, 1.165) is 42.0 Å². The van der Waals surface area contributed by atoms with Crippen LogP contribution in [0, 0.1) is 40.7 Å². The molecule has 2 aliphatic carbocycles. The van der Waals surface area contributed by atoms with Gasteiger partial charge in [-0.15, -0.1) is 0 Å². The van der Waals surface area contributed by atoms with Gasteiger partial charge in [-0.2, -0.15) is 0 Å². The summed E-state index contributed by atoms with van der Waals surface area (Å²) >= 11 is 6.32. The molecular weight excluding hydrogens is 866 g/mol. The topological polar surface area (TPSA) is 157 Å². The van der Waals surface area contributed by atoms with Crippen LogP contribution in [0.5, 0.6) is 0 Å². The number of carbonyl (C=O) groups excluding carboxylic acids is 6. The number of amides is 6. The molecule has 0 radical (unpaired) electrons. The number of benzene rings is 3. The van der Waals surface area contributed by atoms with Crippen molar-refractivity contribution in [1.29, 1.82) is 0 Å². The fraction of sp³-hybridized carbons (Fsp3) is 0.490. The number of halogens is 3. The van der Waals surface area contributed by atoms with E-state index in [9.17, 15) is 28.8 Å². The van der Waals surface area contributed by atoms with E-state index in [1.54, 1.807) is 24.3 Å². The van der Waals surface area contributed by atoms with Crippen molar-refractivity contribution in [2.24, 2.45) is 17.3 Å². The Morgan fingerprint density at radius 3 is 2.38 bits per heavy atom. The molecule has 0 aromatic heterocycles. The quantitative estimate of drug-likeness (QED) is 0.173. The minimum Gasteiger partial charge on any atom is -0.352 e. The van der Waals surface area contributed by atoms with E-state index >= 15 is 8.78 Å². The van der Waals surface area contributed by atoms with Crippen LogP contribution in [0.15, 0.2) is 54.6 Å². The summed E-state index contributed by atoms with van der Waals surface area (Å²) < 4.78 is 31.2. The maximum atomic E-state index is 16.1. The predicted molar refractivity (Wildman–Crippen MR) is 241 cm³/mol. The molecule has 2 spiro atoms. The van der Waals surface area contributed by atoms with Crippen molar-refractivity contribution in [1.82, 2.24) is 25.8 Å². The largest absolute Gasteiger partial charge is 0.352 e. The molecule has 7 aliphatic rings. The first-order valence-electron chi connectivity index (χ1n) is 23.5. The van der Waals surface area contributed by atoms with Crippen molar-refractivity contribution in [3.8, 4) is 11.8 Å². The van der Waals surface area contributed by atoms with E-state index in [1.807, 2.05) is 17.0 Å². The molecule has 5 heterocycles. The first-order chi connectivity index (χ1) is 31.9. The van der Waals surface area contributed by atoms with Crippen LogP contribution >= 0.6 is 11.6 Å². The van der Waals surface area contributed by atoms with Gasteiger partial charge in [0.25, 0.3) is 5.91 Å². The lowest BCUT2D eigenvalue weighted by molar-refractivity contribution is -0.138. The molecule has 4 N–H and O–H groups in total. The smallest absolute Gasteiger partial charge is 0.255 e. The molecule has 5 fully saturated rings. The fourth-order valence-electron chi connectivity index (χ4n) is 12.5. The lowest BCUT2D eigenvalue weighted by atomic mass is 9.54. The fourth-order valence-corrected chi connectivity index (χ4v) is 12.7. The molecule has 6 amide bonds. The van der Waals surface area contributed by atoms with Gasteiger partial charge in [-0.05, 0) is 111 Å². The normalized spacial score (nSPS) is 28.3. The molecule has 3 aromatic rings. The Balaban J connectivity index is 0.785. The van der Waals surface area contributed by atoms with Crippen LogP contribution in [-0.4, -0.2) is 82.0 Å². The first-order valence-corrected chi connectivity index (χ1v) is 23.9. The third-order valence-electron chi connectivity index (χ3n) is 15.9. The molecule has 10 rings (SSSR count). The molecule has 12 nitrogen and oxygen atoms in total. The molecule has 0 bridgehead atoms. The average molecular weight is 919 g/mol. The van der Waals surface area contributed by atoms with Gasteiger partial charge in [-0.1, -0.05) is 67.0 Å². The van der Waals surface area contributed by atoms with E-state index in [-0.39, 0.29) is 72.4 Å². The summed E-state index contributed by atoms with van der Waals surface area (Å²) in [5, 5.41) is 12.8. The zero-order valence-electron chi connectivity index (χ0n) is 36.7. The standard InChI is InChI=1S/C51H53ClF2N6O6/c52-33-15-12-32-27-51(49(66)56-39(32)26-33)42(36-8-5-9-38(53)43(36)54)44(58-50(51)22-2-1-3-23-50)46(63)55-34-16-13-31(14-17-34)47(64)59-24-20-29(21-25-59)10-11-30-6-4-7-35-37(30)28-60(48(35)65)40-18-19-41(61)57-45(40)62/h4-9,12,15,26,29,31,34,40,42,44,58H,1-3,13-14,16-25,27-28H2,(H,55,63)(H,56,66)(H,57,61,62)/t31?,34?,40?,42-,44+,51+/m0/s1. The Morgan fingerprint density at radius 1 is 0.864 bits per heavy atom. The van der Waals surface area contributed by atoms with Crippen LogP contribution < -0.4 is 21.3 Å². The van der Waals surface area contributed by atoms with Gasteiger partial charge < -0.3 is 20.4 Å². The second-order valence-corrected chi connectivity index (χ2v) is 19.9. The number of carbonyl (C=O) groups is 6. The van der Waals surface area contributed by atoms with E-state index in [2.05, 4.69) is 33.1 Å². The van der Waals surface area contributed by atoms with E-state index in [4.69, 9.17) is 11.6 Å². The Kier molecular flexibility index (Phi) is 11.7. The van der Waals surface area contributed by atoms with Crippen molar-refractivity contribution >= 4 is 52.7 Å². The third-order valence-corrected chi connectivity index (χ3v) is 16.1. The Bertz CT molecular complexity index is 2590. The van der Waals surface area contributed by atoms with Gasteiger partial charge in [0.05, 0.1) is 11.5 Å². The maximum Gasteiger partial charge on any atom is 0.255 e. The molecule has 5 aliphatic heterocycles. The molecule has 15 heteroatoms. The van der Waals surface area contributed by atoms with Crippen molar-refractivity contribution in [2.75, 3.05) is 18.4 Å². The number of nitrogens with one attached hydrogen (secondary N) is 4. The third kappa shape index (κ3) is 7.65. The zero-order chi connectivity index (χ0) is 45.9. The van der Waals surface area contributed by atoms with E-state index < -0.39 is 46.5 Å². The van der Waals surface area contributed by atoms with Crippen LogP contribution in [-0.2, 0) is 36.9 Å². The monoisotopic (exact) mass is 918 g/mol. The summed E-state index contributed by atoms with van der Waals surface area (Å²) in [7, 11) is 0. The van der Waals surface area contributed by atoms with Crippen molar-refractivity contribution in [2.45, 2.75) is 126 Å². The van der Waals surface area contributed by atoms with Crippen LogP contribution in [0.25, 0.3) is 0 Å². The van der Waals surface area contributed by atoms with Gasteiger partial charge in [0.2, 0.25) is 29.5 Å². The van der Waals surface area contributed by atoms with Crippen LogP contribution in [0.4, 0.5) is 14.5 Å². The zero-order valence-corrected chi connectivity index (χ0v) is 37.4. The van der Waals surface area contributed by atoms with Crippen LogP contribution in [0.3, 0.4) is 0 Å². The summed E-state index contributed by atoms with van der Waals surface area (Å²) in [4.78, 5) is 84.3. The van der Waals surface area contributed by atoms with Gasteiger partial charge in [0, 0.05) is 77.2 Å². The lowest BCUT2D eigenvalue weighted by Crippen LogP contribution is -2.62. The molecule has 3 aromatic carbocycles. The number of hydrogen-bond acceptors (Lipinski definition) is 7. The summed E-state index contributed by atoms with van der Waals surface area (Å²) in [6.45, 7) is 1.40. The second-order valence-electron chi connectivity index (χ2n) is 19.4. The molecule has 66 heavy (non-hydrogen) atoms. The first kappa shape index (κ1) is 44.2. The van der Waals surface area contributed by atoms with Crippen molar-refractivity contribution in [3.05, 3.63) is 99.1 Å². The Labute approximate surface area is 387 Å². The molecular formula is C51H53ClF2N6O6. The summed E-state index contributed by atoms with van der Waals surface area (Å²) in [5.74, 6) is 1.83. The number of imide groups is 1. The minimum atomic E-state index is -1.31. The number of anilines is 1. The second kappa shape index (κ2) is 17.5. The number of likely N-dealkylation sites (tertiary alicyclic amines) is 1. The van der Waals surface area contributed by atoms with Gasteiger partial charge in [-0.25, -0.2) is 8.78 Å². The molecule has 344 valence electrons. The van der Waals surface area contributed by atoms with Gasteiger partial charge in [-0.3, -0.25) is 39.4 Å². The predicted octanol–water partition coefficient (Wildman–Crippen LogP) is 6.28. The van der Waals surface area contributed by atoms with Gasteiger partial charge in [0.1, 0.15) is 6.04 Å². The number of hydrogen-bond donors (Lipinski definition) is 4. The highest BCUT2D eigenvalue weighted by Gasteiger charge is 2.70. The minimum absolute atomic E-state index is 0.000142. The Hall–Kier alpha value is -5.65. The molecule has 4 atom stereocenters. The summed E-state index contributed by atoms with van der Waals surface area (Å²) in [6, 6.07) is 12.8. The highest BCUT2D eigenvalue weighted by Crippen LogP contribution is 2.61. The number of rotatable bonds is 5. The van der Waals surface area contributed by atoms with E-state index in [1.165, 1.54) is 17.0 Å². The molecule has 3 saturated heterocycles. The average Bonchev–Trinajstić information content (AvgIpc) is 3.79. The van der Waals surface area contributed by atoms with Gasteiger partial charge in [0.15, 0.2) is 11.6 Å². The SMILES string of the molecule is O=C1CCC(N2Cc3c(C#CC4CCN(C(=O)C5CCC(NC(=O)[C@@H]6NC7(CCCCC7)[C@]7(Cc8ccc(Cl)cc8NC7=O)[C@H]6c6cccc(F)c6F)CC5)CC4)cccc3C2=O)C(=O)N1. The van der Waals surface area contributed by atoms with Gasteiger partial charge >= 0.3 is 0 Å². The number of piperidine rings is 2. The van der Waals surface area contributed by atoms with Crippen molar-refractivity contribution < 1.29 is 37.5 Å². The van der Waals surface area contributed by atoms with Crippen LogP contribution in [0.2, 0.25) is 5.02 Å². The summed E-state index contributed by atoms with van der Waals surface area (Å²) in [6.07, 6.45) is 8.25. The Morgan fingerprint density at radius 2 is 1.62 bits per heavy atom. The molecule has 2 saturated carbocycles. The number of fused-ring (bicyclic) bond motifs is 3. The summed E-state index contributed by atoms with van der Waals surface area (Å²) in [5.41, 5.74) is 1.28. The highest BCUT2D eigenvalue weighted by molar-refractivity contribution is 6.31. The van der Waals surface area contributed by atoms with E-state index in [0.29, 0.717) is 87.2 Å². The van der Waals surface area contributed by atoms with Crippen molar-refractivity contribution in [3.63, 3.8) is 0 Å².